The first-order valence-corrected chi connectivity index (χ1v) is 6.14. The summed E-state index contributed by atoms with van der Waals surface area (Å²) in [6, 6.07) is 11.5. The van der Waals surface area contributed by atoms with Gasteiger partial charge in [0, 0.05) is 9.64 Å². The highest BCUT2D eigenvalue weighted by Crippen LogP contribution is 2.28. The molecule has 0 atom stereocenters. The molecule has 5 heteroatoms. The monoisotopic (exact) mass is 356 g/mol. The van der Waals surface area contributed by atoms with Gasteiger partial charge >= 0.3 is 5.97 Å². The maximum atomic E-state index is 10.7. The summed E-state index contributed by atoms with van der Waals surface area (Å²) in [4.78, 5) is 10.7. The molecule has 2 N–H and O–H groups in total. The van der Waals surface area contributed by atoms with Crippen molar-refractivity contribution >= 4 is 28.6 Å². The number of aromatic carboxylic acids is 1. The van der Waals surface area contributed by atoms with Crippen LogP contribution in [0.15, 0.2) is 42.5 Å². The lowest BCUT2D eigenvalue weighted by Crippen LogP contribution is -1.96. The molecule has 0 saturated heterocycles. The standard InChI is InChI=1S/C13H9IO4/c14-8-2-1-3-9(6-8)18-10-4-5-11(13(16)17)12(15)7-10/h1-7,15H,(H,16,17). The predicted octanol–water partition coefficient (Wildman–Crippen LogP) is 3.49. The van der Waals surface area contributed by atoms with Gasteiger partial charge in [0.25, 0.3) is 0 Å². The average Bonchev–Trinajstić information content (AvgIpc) is 2.28. The zero-order valence-electron chi connectivity index (χ0n) is 9.13. The van der Waals surface area contributed by atoms with Gasteiger partial charge in [-0.25, -0.2) is 4.79 Å². The SMILES string of the molecule is O=C(O)c1ccc(Oc2cccc(I)c2)cc1O. The van der Waals surface area contributed by atoms with E-state index < -0.39 is 5.97 Å². The van der Waals surface area contributed by atoms with Crippen LogP contribution in [0.5, 0.6) is 17.2 Å². The Kier molecular flexibility index (Phi) is 3.71. The second kappa shape index (κ2) is 5.26. The molecule has 4 nitrogen and oxygen atoms in total. The number of carboxylic acid groups (broad SMARTS) is 1. The molecule has 18 heavy (non-hydrogen) atoms. The van der Waals surface area contributed by atoms with Gasteiger partial charge in [-0.15, -0.1) is 0 Å². The van der Waals surface area contributed by atoms with Crippen molar-refractivity contribution in [3.05, 3.63) is 51.6 Å². The molecule has 0 amide bonds. The van der Waals surface area contributed by atoms with E-state index in [1.807, 2.05) is 18.2 Å². The quantitative estimate of drug-likeness (QED) is 0.827. The van der Waals surface area contributed by atoms with Crippen LogP contribution in [0.1, 0.15) is 10.4 Å². The maximum absolute atomic E-state index is 10.7. The smallest absolute Gasteiger partial charge is 0.339 e. The number of aromatic hydroxyl groups is 1. The number of benzene rings is 2. The molecule has 0 aliphatic carbocycles. The largest absolute Gasteiger partial charge is 0.507 e. The second-order valence-corrected chi connectivity index (χ2v) is 4.79. The van der Waals surface area contributed by atoms with Crippen molar-refractivity contribution in [2.45, 2.75) is 0 Å². The van der Waals surface area contributed by atoms with Crippen molar-refractivity contribution < 1.29 is 19.7 Å². The molecule has 92 valence electrons. The minimum absolute atomic E-state index is 0.148. The minimum atomic E-state index is -1.17. The average molecular weight is 356 g/mol. The molecule has 2 rings (SSSR count). The molecular weight excluding hydrogens is 347 g/mol. The van der Waals surface area contributed by atoms with Crippen LogP contribution in [0, 0.1) is 3.57 Å². The van der Waals surface area contributed by atoms with Gasteiger partial charge in [0.15, 0.2) is 0 Å². The third kappa shape index (κ3) is 2.92. The van der Waals surface area contributed by atoms with Gasteiger partial charge in [-0.2, -0.15) is 0 Å². The van der Waals surface area contributed by atoms with Crippen LogP contribution in [0.3, 0.4) is 0 Å². The Labute approximate surface area is 117 Å². The van der Waals surface area contributed by atoms with E-state index in [4.69, 9.17) is 9.84 Å². The van der Waals surface area contributed by atoms with Crippen LogP contribution in [-0.4, -0.2) is 16.2 Å². The van der Waals surface area contributed by atoms with Gasteiger partial charge in [-0.1, -0.05) is 6.07 Å². The number of carboxylic acids is 1. The summed E-state index contributed by atoms with van der Waals surface area (Å²) in [5.74, 6) is -0.470. The molecule has 0 aliphatic rings. The van der Waals surface area contributed by atoms with Gasteiger partial charge in [-0.05, 0) is 52.9 Å². The Hall–Kier alpha value is -1.76. The lowest BCUT2D eigenvalue weighted by Gasteiger charge is -2.07. The number of halogens is 1. The molecule has 0 aromatic heterocycles. The first-order chi connectivity index (χ1) is 8.56. The van der Waals surface area contributed by atoms with Gasteiger partial charge < -0.3 is 14.9 Å². The molecule has 0 radical (unpaired) electrons. The van der Waals surface area contributed by atoms with Crippen molar-refractivity contribution in [1.29, 1.82) is 0 Å². The van der Waals surface area contributed by atoms with E-state index in [-0.39, 0.29) is 11.3 Å². The van der Waals surface area contributed by atoms with Gasteiger partial charge in [0.2, 0.25) is 0 Å². The molecule has 0 unspecified atom stereocenters. The van der Waals surface area contributed by atoms with Crippen molar-refractivity contribution in [3.8, 4) is 17.2 Å². The van der Waals surface area contributed by atoms with Gasteiger partial charge in [0.1, 0.15) is 22.8 Å². The second-order valence-electron chi connectivity index (χ2n) is 3.54. The molecule has 0 saturated carbocycles. The zero-order chi connectivity index (χ0) is 13.1. The molecule has 0 aliphatic heterocycles. The normalized spacial score (nSPS) is 10.1. The molecule has 0 heterocycles. The molecule has 2 aromatic carbocycles. The highest BCUT2D eigenvalue weighted by atomic mass is 127. The molecule has 0 spiro atoms. The van der Waals surface area contributed by atoms with Crippen LogP contribution < -0.4 is 4.74 Å². The van der Waals surface area contributed by atoms with Crippen LogP contribution in [0.2, 0.25) is 0 Å². The van der Waals surface area contributed by atoms with Crippen molar-refractivity contribution in [2.75, 3.05) is 0 Å². The fraction of sp³-hybridized carbons (Fsp3) is 0. The highest BCUT2D eigenvalue weighted by Gasteiger charge is 2.10. The van der Waals surface area contributed by atoms with E-state index in [0.29, 0.717) is 11.5 Å². The Bertz CT molecular complexity index is 595. The number of hydrogen-bond donors (Lipinski definition) is 2. The van der Waals surface area contributed by atoms with E-state index in [0.717, 1.165) is 3.57 Å². The summed E-state index contributed by atoms with van der Waals surface area (Å²) in [5, 5.41) is 18.3. The minimum Gasteiger partial charge on any atom is -0.507 e. The third-order valence-electron chi connectivity index (χ3n) is 2.23. The van der Waals surface area contributed by atoms with Crippen LogP contribution in [0.25, 0.3) is 0 Å². The lowest BCUT2D eigenvalue weighted by atomic mass is 10.2. The Morgan fingerprint density at radius 2 is 1.83 bits per heavy atom. The first kappa shape index (κ1) is 12.7. The zero-order valence-corrected chi connectivity index (χ0v) is 11.3. The summed E-state index contributed by atoms with van der Waals surface area (Å²) < 4.78 is 6.54. The van der Waals surface area contributed by atoms with Crippen molar-refractivity contribution in [1.82, 2.24) is 0 Å². The van der Waals surface area contributed by atoms with Gasteiger partial charge in [0.05, 0.1) is 0 Å². The summed E-state index contributed by atoms with van der Waals surface area (Å²) in [6.45, 7) is 0. The number of hydrogen-bond acceptors (Lipinski definition) is 3. The Morgan fingerprint density at radius 3 is 2.44 bits per heavy atom. The van der Waals surface area contributed by atoms with Crippen LogP contribution in [0.4, 0.5) is 0 Å². The number of ether oxygens (including phenoxy) is 1. The number of carbonyl (C=O) groups is 1. The van der Waals surface area contributed by atoms with Gasteiger partial charge in [-0.3, -0.25) is 0 Å². The van der Waals surface area contributed by atoms with Crippen molar-refractivity contribution in [3.63, 3.8) is 0 Å². The maximum Gasteiger partial charge on any atom is 0.339 e. The number of rotatable bonds is 3. The van der Waals surface area contributed by atoms with Crippen LogP contribution in [-0.2, 0) is 0 Å². The fourth-order valence-electron chi connectivity index (χ4n) is 1.42. The molecular formula is C13H9IO4. The first-order valence-electron chi connectivity index (χ1n) is 5.06. The Balaban J connectivity index is 2.25. The van der Waals surface area contributed by atoms with E-state index in [9.17, 15) is 9.90 Å². The topological polar surface area (TPSA) is 66.8 Å². The highest BCUT2D eigenvalue weighted by molar-refractivity contribution is 14.1. The molecule has 2 aromatic rings. The van der Waals surface area contributed by atoms with E-state index in [1.165, 1.54) is 18.2 Å². The van der Waals surface area contributed by atoms with E-state index in [1.54, 1.807) is 6.07 Å². The van der Waals surface area contributed by atoms with E-state index >= 15 is 0 Å². The van der Waals surface area contributed by atoms with Crippen molar-refractivity contribution in [2.24, 2.45) is 0 Å². The summed E-state index contributed by atoms with van der Waals surface area (Å²) >= 11 is 2.16. The molecule has 0 bridgehead atoms. The lowest BCUT2D eigenvalue weighted by molar-refractivity contribution is 0.0693. The summed E-state index contributed by atoms with van der Waals surface area (Å²) in [7, 11) is 0. The Morgan fingerprint density at radius 1 is 1.11 bits per heavy atom. The third-order valence-corrected chi connectivity index (χ3v) is 2.90. The van der Waals surface area contributed by atoms with E-state index in [2.05, 4.69) is 22.6 Å². The van der Waals surface area contributed by atoms with Crippen LogP contribution >= 0.6 is 22.6 Å². The number of phenols is 1. The predicted molar refractivity (Wildman–Crippen MR) is 74.3 cm³/mol. The molecule has 0 fully saturated rings. The summed E-state index contributed by atoms with van der Waals surface area (Å²) in [6.07, 6.45) is 0. The fourth-order valence-corrected chi connectivity index (χ4v) is 1.94. The summed E-state index contributed by atoms with van der Waals surface area (Å²) in [5.41, 5.74) is -0.148.